The number of hydrogen-bond acceptors (Lipinski definition) is 5. The lowest BCUT2D eigenvalue weighted by Gasteiger charge is -2.20. The lowest BCUT2D eigenvalue weighted by Crippen LogP contribution is -2.13. The first kappa shape index (κ1) is 16.4. The molecule has 1 atom stereocenters. The van der Waals surface area contributed by atoms with Crippen molar-refractivity contribution in [1.29, 1.82) is 0 Å². The first-order valence-corrected chi connectivity index (χ1v) is 8.33. The van der Waals surface area contributed by atoms with Crippen LogP contribution in [0, 0.1) is 0 Å². The summed E-state index contributed by atoms with van der Waals surface area (Å²) in [6, 6.07) is 0. The Balaban J connectivity index is 2.94. The van der Waals surface area contributed by atoms with Crippen LogP contribution in [0.2, 0.25) is 0 Å². The van der Waals surface area contributed by atoms with Crippen LogP contribution in [0.25, 0.3) is 0 Å². The van der Waals surface area contributed by atoms with E-state index in [9.17, 15) is 9.36 Å². The van der Waals surface area contributed by atoms with Gasteiger partial charge in [-0.05, 0) is 45.6 Å². The van der Waals surface area contributed by atoms with Crippen molar-refractivity contribution >= 4 is 13.6 Å². The lowest BCUT2D eigenvalue weighted by atomic mass is 10.2. The molecule has 0 amide bonds. The molecular formula is C13H23O5P. The second-order valence-corrected chi connectivity index (χ2v) is 6.47. The summed E-state index contributed by atoms with van der Waals surface area (Å²) < 4.78 is 28.6. The van der Waals surface area contributed by atoms with Gasteiger partial charge < -0.3 is 13.8 Å². The molecule has 110 valence electrons. The third-order valence-corrected chi connectivity index (χ3v) is 5.09. The average Bonchev–Trinajstić information content (AvgIpc) is 2.55. The minimum Gasteiger partial charge on any atom is -0.458 e. The van der Waals surface area contributed by atoms with Gasteiger partial charge in [0.2, 0.25) is 0 Å². The van der Waals surface area contributed by atoms with Gasteiger partial charge in [-0.2, -0.15) is 0 Å². The van der Waals surface area contributed by atoms with Gasteiger partial charge in [-0.1, -0.05) is 0 Å². The van der Waals surface area contributed by atoms with Gasteiger partial charge in [0.05, 0.1) is 13.2 Å². The highest BCUT2D eigenvalue weighted by Crippen LogP contribution is 2.58. The van der Waals surface area contributed by atoms with Crippen molar-refractivity contribution in [2.45, 2.75) is 52.6 Å². The fourth-order valence-electron chi connectivity index (χ4n) is 2.11. The first-order chi connectivity index (χ1) is 9.01. The third kappa shape index (κ3) is 5.09. The van der Waals surface area contributed by atoms with Crippen molar-refractivity contribution in [2.75, 3.05) is 13.2 Å². The van der Waals surface area contributed by atoms with Crippen LogP contribution in [0.1, 0.15) is 46.5 Å². The summed E-state index contributed by atoms with van der Waals surface area (Å²) in [7, 11) is -3.23. The van der Waals surface area contributed by atoms with Crippen molar-refractivity contribution in [1.82, 2.24) is 0 Å². The molecule has 1 rings (SSSR count). The summed E-state index contributed by atoms with van der Waals surface area (Å²) >= 11 is 0. The summed E-state index contributed by atoms with van der Waals surface area (Å²) in [4.78, 5) is 11.0. The molecule has 0 aromatic heterocycles. The Hall–Kier alpha value is -0.640. The number of carbonyl (C=O) groups is 1. The molecule has 0 aromatic rings. The van der Waals surface area contributed by atoms with Gasteiger partial charge >= 0.3 is 13.6 Å². The monoisotopic (exact) mass is 290 g/mol. The van der Waals surface area contributed by atoms with E-state index in [1.807, 2.05) is 0 Å². The Labute approximate surface area is 114 Å². The molecule has 19 heavy (non-hydrogen) atoms. The highest BCUT2D eigenvalue weighted by Gasteiger charge is 2.31. The first-order valence-electron chi connectivity index (χ1n) is 6.79. The van der Waals surface area contributed by atoms with E-state index in [1.54, 1.807) is 19.9 Å². The van der Waals surface area contributed by atoms with Crippen molar-refractivity contribution in [2.24, 2.45) is 0 Å². The van der Waals surface area contributed by atoms with E-state index in [-0.39, 0.29) is 12.1 Å². The van der Waals surface area contributed by atoms with E-state index in [2.05, 4.69) is 0 Å². The van der Waals surface area contributed by atoms with Gasteiger partial charge in [0, 0.05) is 12.2 Å². The maximum Gasteiger partial charge on any atom is 0.357 e. The van der Waals surface area contributed by atoms with E-state index in [0.717, 1.165) is 19.3 Å². The van der Waals surface area contributed by atoms with Crippen LogP contribution in [-0.2, 0) is 23.1 Å². The SMILES string of the molecule is CCOP(=O)(OCC)C1=CC(OC(C)=O)CCCC1. The zero-order valence-corrected chi connectivity index (χ0v) is 12.8. The van der Waals surface area contributed by atoms with Gasteiger partial charge in [0.15, 0.2) is 0 Å². The van der Waals surface area contributed by atoms with Gasteiger partial charge in [0.1, 0.15) is 6.10 Å². The predicted molar refractivity (Wildman–Crippen MR) is 73.0 cm³/mol. The van der Waals surface area contributed by atoms with E-state index in [4.69, 9.17) is 13.8 Å². The quantitative estimate of drug-likeness (QED) is 0.552. The second kappa shape index (κ2) is 7.83. The Morgan fingerprint density at radius 3 is 2.47 bits per heavy atom. The normalized spacial score (nSPS) is 20.6. The van der Waals surface area contributed by atoms with Crippen molar-refractivity contribution in [3.63, 3.8) is 0 Å². The maximum absolute atomic E-state index is 12.7. The van der Waals surface area contributed by atoms with Crippen LogP contribution in [0.15, 0.2) is 11.4 Å². The van der Waals surface area contributed by atoms with E-state index >= 15 is 0 Å². The topological polar surface area (TPSA) is 61.8 Å². The summed E-state index contributed by atoms with van der Waals surface area (Å²) in [6.45, 7) is 5.60. The molecule has 0 bridgehead atoms. The molecule has 5 nitrogen and oxygen atoms in total. The molecule has 0 saturated carbocycles. The largest absolute Gasteiger partial charge is 0.458 e. The number of rotatable bonds is 6. The molecule has 0 spiro atoms. The zero-order valence-electron chi connectivity index (χ0n) is 11.9. The average molecular weight is 290 g/mol. The third-order valence-electron chi connectivity index (χ3n) is 2.82. The van der Waals surface area contributed by atoms with E-state index < -0.39 is 7.60 Å². The number of carbonyl (C=O) groups excluding carboxylic acids is 1. The number of allylic oxidation sites excluding steroid dienone is 1. The molecule has 0 fully saturated rings. The Morgan fingerprint density at radius 1 is 1.32 bits per heavy atom. The van der Waals surface area contributed by atoms with Crippen LogP contribution in [0.5, 0.6) is 0 Å². The fraction of sp³-hybridized carbons (Fsp3) is 0.769. The molecule has 0 saturated heterocycles. The Kier molecular flexibility index (Phi) is 6.76. The van der Waals surface area contributed by atoms with Crippen molar-refractivity contribution in [3.8, 4) is 0 Å². The standard InChI is InChI=1S/C13H23O5P/c1-4-16-19(15,17-5-2)13-9-7-6-8-12(10-13)18-11(3)14/h10,12H,4-9H2,1-3H3. The number of hydrogen-bond donors (Lipinski definition) is 0. The van der Waals surface area contributed by atoms with E-state index in [1.165, 1.54) is 6.92 Å². The minimum atomic E-state index is -3.23. The smallest absolute Gasteiger partial charge is 0.357 e. The lowest BCUT2D eigenvalue weighted by molar-refractivity contribution is -0.144. The predicted octanol–water partition coefficient (Wildman–Crippen LogP) is 3.64. The fourth-order valence-corrected chi connectivity index (χ4v) is 3.98. The summed E-state index contributed by atoms with van der Waals surface area (Å²) in [5.74, 6) is -0.329. The van der Waals surface area contributed by atoms with Crippen LogP contribution in [-0.4, -0.2) is 25.3 Å². The second-order valence-electron chi connectivity index (χ2n) is 4.38. The van der Waals surface area contributed by atoms with Crippen molar-refractivity contribution in [3.05, 3.63) is 11.4 Å². The molecule has 1 unspecified atom stereocenters. The molecule has 1 aliphatic carbocycles. The minimum absolute atomic E-state index is 0.326. The van der Waals surface area contributed by atoms with Crippen LogP contribution >= 0.6 is 7.60 Å². The van der Waals surface area contributed by atoms with Gasteiger partial charge in [-0.3, -0.25) is 9.36 Å². The molecule has 0 aromatic carbocycles. The molecule has 6 heteroatoms. The molecule has 1 aliphatic rings. The molecule has 0 N–H and O–H groups in total. The molecular weight excluding hydrogens is 267 g/mol. The maximum atomic E-state index is 12.7. The summed E-state index contributed by atoms with van der Waals surface area (Å²) in [6.07, 6.45) is 4.66. The highest BCUT2D eigenvalue weighted by atomic mass is 31.2. The number of esters is 1. The van der Waals surface area contributed by atoms with Crippen LogP contribution in [0.4, 0.5) is 0 Å². The van der Waals surface area contributed by atoms with Crippen molar-refractivity contribution < 1.29 is 23.1 Å². The van der Waals surface area contributed by atoms with Crippen LogP contribution in [0.3, 0.4) is 0 Å². The van der Waals surface area contributed by atoms with Gasteiger partial charge in [0.25, 0.3) is 0 Å². The van der Waals surface area contributed by atoms with Gasteiger partial charge in [-0.15, -0.1) is 0 Å². The van der Waals surface area contributed by atoms with Crippen LogP contribution < -0.4 is 0 Å². The molecule has 0 aliphatic heterocycles. The zero-order chi connectivity index (χ0) is 14.3. The van der Waals surface area contributed by atoms with E-state index in [0.29, 0.717) is 24.9 Å². The summed E-state index contributed by atoms with van der Waals surface area (Å²) in [5, 5.41) is 0.639. The highest BCUT2D eigenvalue weighted by molar-refractivity contribution is 7.58. The Morgan fingerprint density at radius 2 is 1.95 bits per heavy atom. The number of ether oxygens (including phenoxy) is 1. The van der Waals surface area contributed by atoms with Gasteiger partial charge in [-0.25, -0.2) is 0 Å². The molecule has 0 heterocycles. The Bertz CT molecular complexity index is 367. The molecule has 0 radical (unpaired) electrons. The summed E-state index contributed by atoms with van der Waals surface area (Å²) in [5.41, 5.74) is 0.